The number of carbonyl (C=O) groups is 3. The predicted octanol–water partition coefficient (Wildman–Crippen LogP) is 1.70. The largest absolute Gasteiger partial charge is 0.368 e. The van der Waals surface area contributed by atoms with Crippen LogP contribution in [0.2, 0.25) is 0 Å². The lowest BCUT2D eigenvalue weighted by Gasteiger charge is -2.38. The maximum Gasteiger partial charge on any atom is 0.245 e. The van der Waals surface area contributed by atoms with Crippen molar-refractivity contribution in [3.63, 3.8) is 0 Å². The summed E-state index contributed by atoms with van der Waals surface area (Å²) in [7, 11) is 0. The molecular formula is C19H27N3O3. The van der Waals surface area contributed by atoms with Crippen LogP contribution >= 0.6 is 0 Å². The number of benzene rings is 1. The van der Waals surface area contributed by atoms with E-state index >= 15 is 0 Å². The van der Waals surface area contributed by atoms with E-state index in [1.807, 2.05) is 43.0 Å². The van der Waals surface area contributed by atoms with Crippen LogP contribution in [-0.2, 0) is 9.59 Å². The molecule has 0 unspecified atom stereocenters. The number of amides is 2. The van der Waals surface area contributed by atoms with Crippen LogP contribution in [0.5, 0.6) is 0 Å². The lowest BCUT2D eigenvalue weighted by Crippen LogP contribution is -2.56. The number of piperazine rings is 1. The fourth-order valence-electron chi connectivity index (χ4n) is 3.02. The molecule has 6 heteroatoms. The van der Waals surface area contributed by atoms with Gasteiger partial charge in [-0.3, -0.25) is 14.4 Å². The van der Waals surface area contributed by atoms with Crippen LogP contribution < -0.4 is 10.2 Å². The van der Waals surface area contributed by atoms with Crippen LogP contribution in [0.1, 0.15) is 38.1 Å². The van der Waals surface area contributed by atoms with Gasteiger partial charge in [-0.25, -0.2) is 0 Å². The van der Waals surface area contributed by atoms with Gasteiger partial charge in [-0.1, -0.05) is 13.8 Å². The van der Waals surface area contributed by atoms with E-state index in [2.05, 4.69) is 10.2 Å². The Labute approximate surface area is 149 Å². The topological polar surface area (TPSA) is 69.7 Å². The second-order valence-electron chi connectivity index (χ2n) is 6.84. The SMILES string of the molecule is CC(=O)N[C@@H](C(=O)N1CCN(c2ccc(C(C)=O)cc2)CC1)C(C)C. The van der Waals surface area contributed by atoms with Crippen LogP contribution in [0.25, 0.3) is 0 Å². The van der Waals surface area contributed by atoms with Gasteiger partial charge in [0, 0.05) is 44.4 Å². The first-order valence-corrected chi connectivity index (χ1v) is 8.71. The Morgan fingerprint density at radius 3 is 1.96 bits per heavy atom. The number of carbonyl (C=O) groups excluding carboxylic acids is 3. The van der Waals surface area contributed by atoms with Crippen molar-refractivity contribution in [2.45, 2.75) is 33.7 Å². The molecular weight excluding hydrogens is 318 g/mol. The molecule has 1 aliphatic rings. The average Bonchev–Trinajstić information content (AvgIpc) is 2.59. The molecule has 1 fully saturated rings. The molecule has 0 saturated carbocycles. The molecule has 1 atom stereocenters. The van der Waals surface area contributed by atoms with Crippen LogP contribution in [-0.4, -0.2) is 54.7 Å². The molecule has 0 radical (unpaired) electrons. The normalized spacial score (nSPS) is 15.9. The third kappa shape index (κ3) is 4.81. The van der Waals surface area contributed by atoms with E-state index < -0.39 is 6.04 Å². The van der Waals surface area contributed by atoms with Crippen molar-refractivity contribution in [2.75, 3.05) is 31.1 Å². The maximum absolute atomic E-state index is 12.7. The molecule has 1 N–H and O–H groups in total. The zero-order valence-electron chi connectivity index (χ0n) is 15.4. The average molecular weight is 345 g/mol. The van der Waals surface area contributed by atoms with Crippen LogP contribution in [0, 0.1) is 5.92 Å². The lowest BCUT2D eigenvalue weighted by atomic mass is 10.0. The Balaban J connectivity index is 1.97. The zero-order chi connectivity index (χ0) is 18.6. The van der Waals surface area contributed by atoms with Gasteiger partial charge < -0.3 is 15.1 Å². The summed E-state index contributed by atoms with van der Waals surface area (Å²) in [6.45, 7) is 9.57. The van der Waals surface area contributed by atoms with E-state index in [1.165, 1.54) is 6.92 Å². The molecule has 2 rings (SSSR count). The lowest BCUT2D eigenvalue weighted by molar-refractivity contribution is -0.137. The van der Waals surface area contributed by atoms with Crippen molar-refractivity contribution in [3.8, 4) is 0 Å². The van der Waals surface area contributed by atoms with Crippen molar-refractivity contribution in [1.82, 2.24) is 10.2 Å². The first-order chi connectivity index (χ1) is 11.8. The minimum Gasteiger partial charge on any atom is -0.368 e. The van der Waals surface area contributed by atoms with Crippen molar-refractivity contribution in [3.05, 3.63) is 29.8 Å². The van der Waals surface area contributed by atoms with Gasteiger partial charge in [-0.15, -0.1) is 0 Å². The standard InChI is InChI=1S/C19H27N3O3/c1-13(2)18(20-15(4)24)19(25)22-11-9-21(10-12-22)17-7-5-16(6-8-17)14(3)23/h5-8,13,18H,9-12H2,1-4H3,(H,20,24)/t18-/m1/s1. The molecule has 6 nitrogen and oxygen atoms in total. The highest BCUT2D eigenvalue weighted by Crippen LogP contribution is 2.18. The summed E-state index contributed by atoms with van der Waals surface area (Å²) in [5.74, 6) is -0.0961. The maximum atomic E-state index is 12.7. The van der Waals surface area contributed by atoms with Gasteiger partial charge >= 0.3 is 0 Å². The summed E-state index contributed by atoms with van der Waals surface area (Å²) in [5.41, 5.74) is 1.76. The van der Waals surface area contributed by atoms with E-state index in [-0.39, 0.29) is 23.5 Å². The van der Waals surface area contributed by atoms with E-state index in [1.54, 1.807) is 6.92 Å². The summed E-state index contributed by atoms with van der Waals surface area (Å²) in [6, 6.07) is 7.09. The molecule has 136 valence electrons. The van der Waals surface area contributed by atoms with E-state index in [9.17, 15) is 14.4 Å². The predicted molar refractivity (Wildman–Crippen MR) is 97.7 cm³/mol. The summed E-state index contributed by atoms with van der Waals surface area (Å²) >= 11 is 0. The van der Waals surface area contributed by atoms with Gasteiger partial charge in [0.05, 0.1) is 0 Å². The number of nitrogens with one attached hydrogen (secondary N) is 1. The van der Waals surface area contributed by atoms with Gasteiger partial charge in [-0.2, -0.15) is 0 Å². The summed E-state index contributed by atoms with van der Waals surface area (Å²) < 4.78 is 0. The molecule has 0 aliphatic carbocycles. The molecule has 1 aliphatic heterocycles. The van der Waals surface area contributed by atoms with Gasteiger partial charge in [0.2, 0.25) is 11.8 Å². The smallest absolute Gasteiger partial charge is 0.245 e. The molecule has 1 aromatic carbocycles. The highest BCUT2D eigenvalue weighted by atomic mass is 16.2. The number of hydrogen-bond donors (Lipinski definition) is 1. The monoisotopic (exact) mass is 345 g/mol. The van der Waals surface area contributed by atoms with Gasteiger partial charge in [0.25, 0.3) is 0 Å². The van der Waals surface area contributed by atoms with Crippen LogP contribution in [0.3, 0.4) is 0 Å². The second kappa shape index (κ2) is 8.14. The van der Waals surface area contributed by atoms with Crippen molar-refractivity contribution >= 4 is 23.3 Å². The molecule has 2 amide bonds. The minimum atomic E-state index is -0.473. The summed E-state index contributed by atoms with van der Waals surface area (Å²) in [4.78, 5) is 39.4. The first-order valence-electron chi connectivity index (χ1n) is 8.71. The molecule has 1 saturated heterocycles. The van der Waals surface area contributed by atoms with Crippen LogP contribution in [0.15, 0.2) is 24.3 Å². The summed E-state index contributed by atoms with van der Waals surface area (Å²) in [5, 5.41) is 2.76. The van der Waals surface area contributed by atoms with Crippen molar-refractivity contribution in [1.29, 1.82) is 0 Å². The molecule has 0 aromatic heterocycles. The molecule has 1 heterocycles. The number of ketones is 1. The first kappa shape index (κ1) is 19.0. The third-order valence-electron chi connectivity index (χ3n) is 4.52. The van der Waals surface area contributed by atoms with Crippen molar-refractivity contribution in [2.24, 2.45) is 5.92 Å². The molecule has 25 heavy (non-hydrogen) atoms. The Hall–Kier alpha value is -2.37. The number of rotatable bonds is 5. The summed E-state index contributed by atoms with van der Waals surface area (Å²) in [6.07, 6.45) is 0. The Morgan fingerprint density at radius 2 is 1.52 bits per heavy atom. The minimum absolute atomic E-state index is 0.0169. The third-order valence-corrected chi connectivity index (χ3v) is 4.52. The number of nitrogens with zero attached hydrogens (tertiary/aromatic N) is 2. The van der Waals surface area contributed by atoms with E-state index in [0.29, 0.717) is 18.7 Å². The fourth-order valence-corrected chi connectivity index (χ4v) is 3.02. The Kier molecular flexibility index (Phi) is 6.17. The van der Waals surface area contributed by atoms with E-state index in [4.69, 9.17) is 0 Å². The number of hydrogen-bond acceptors (Lipinski definition) is 4. The second-order valence-corrected chi connectivity index (χ2v) is 6.84. The van der Waals surface area contributed by atoms with E-state index in [0.717, 1.165) is 18.8 Å². The number of Topliss-reactive ketones (excluding diaryl/α,β-unsaturated/α-hetero) is 1. The van der Waals surface area contributed by atoms with Crippen LogP contribution in [0.4, 0.5) is 5.69 Å². The highest BCUT2D eigenvalue weighted by molar-refractivity contribution is 5.94. The Morgan fingerprint density at radius 1 is 0.960 bits per heavy atom. The van der Waals surface area contributed by atoms with Crippen molar-refractivity contribution < 1.29 is 14.4 Å². The molecule has 0 bridgehead atoms. The van der Waals surface area contributed by atoms with Gasteiger partial charge in [-0.05, 0) is 37.1 Å². The fraction of sp³-hybridized carbons (Fsp3) is 0.526. The molecule has 0 spiro atoms. The quantitative estimate of drug-likeness (QED) is 0.825. The zero-order valence-corrected chi connectivity index (χ0v) is 15.4. The number of anilines is 1. The highest BCUT2D eigenvalue weighted by Gasteiger charge is 2.30. The van der Waals surface area contributed by atoms with Gasteiger partial charge in [0.1, 0.15) is 6.04 Å². The van der Waals surface area contributed by atoms with Gasteiger partial charge in [0.15, 0.2) is 5.78 Å². The Bertz CT molecular complexity index is 632. The molecule has 1 aromatic rings.